The first-order valence-electron chi connectivity index (χ1n) is 7.96. The minimum atomic E-state index is -0.798. The van der Waals surface area contributed by atoms with Crippen LogP contribution in [-0.4, -0.2) is 24.7 Å². The molecular weight excluding hydrogens is 304 g/mol. The Morgan fingerprint density at radius 3 is 2.79 bits per heavy atom. The molecule has 2 aliphatic heterocycles. The zero-order chi connectivity index (χ0) is 16.7. The van der Waals surface area contributed by atoms with Gasteiger partial charge in [-0.15, -0.1) is 0 Å². The molecule has 0 aliphatic carbocycles. The van der Waals surface area contributed by atoms with E-state index in [-0.39, 0.29) is 0 Å². The van der Waals surface area contributed by atoms with Crippen molar-refractivity contribution >= 4 is 5.96 Å². The number of nitrogens with zero attached hydrogens (tertiary/aromatic N) is 2. The van der Waals surface area contributed by atoms with Crippen LogP contribution in [0.15, 0.2) is 47.5 Å². The maximum absolute atomic E-state index is 5.97. The van der Waals surface area contributed by atoms with Crippen LogP contribution in [0.25, 0.3) is 11.1 Å². The van der Waals surface area contributed by atoms with Gasteiger partial charge in [-0.05, 0) is 34.9 Å². The van der Waals surface area contributed by atoms with Crippen molar-refractivity contribution in [1.29, 1.82) is 0 Å². The van der Waals surface area contributed by atoms with Crippen LogP contribution in [0, 0.1) is 0 Å². The molecule has 0 radical (unpaired) electrons. The summed E-state index contributed by atoms with van der Waals surface area (Å²) < 4.78 is 5.79. The van der Waals surface area contributed by atoms with Gasteiger partial charge in [0.05, 0.1) is 12.2 Å². The van der Waals surface area contributed by atoms with Crippen molar-refractivity contribution in [3.63, 3.8) is 0 Å². The monoisotopic (exact) mass is 324 g/mol. The molecule has 6 heteroatoms. The first-order valence-corrected chi connectivity index (χ1v) is 7.96. The number of guanidine groups is 1. The number of rotatable bonds is 2. The van der Waals surface area contributed by atoms with Gasteiger partial charge < -0.3 is 16.2 Å². The van der Waals surface area contributed by atoms with Gasteiger partial charge in [0.1, 0.15) is 5.75 Å². The first kappa shape index (κ1) is 15.0. The second-order valence-corrected chi connectivity index (χ2v) is 6.06. The van der Waals surface area contributed by atoms with E-state index < -0.39 is 5.72 Å². The summed E-state index contributed by atoms with van der Waals surface area (Å²) in [5.41, 5.74) is 15.0. The van der Waals surface area contributed by atoms with Crippen LogP contribution in [0.5, 0.6) is 5.75 Å². The van der Waals surface area contributed by atoms with E-state index in [1.54, 1.807) is 7.05 Å². The molecule has 1 atom stereocenters. The fourth-order valence-electron chi connectivity index (χ4n) is 3.21. The number of hydroxylamine groups is 2. The molecular formula is C18H20N4O2. The van der Waals surface area contributed by atoms with E-state index in [9.17, 15) is 0 Å². The van der Waals surface area contributed by atoms with Crippen molar-refractivity contribution in [2.45, 2.75) is 18.7 Å². The molecule has 2 heterocycles. The van der Waals surface area contributed by atoms with Crippen LogP contribution >= 0.6 is 0 Å². The maximum atomic E-state index is 5.97. The van der Waals surface area contributed by atoms with Crippen LogP contribution in [0.4, 0.5) is 0 Å². The lowest BCUT2D eigenvalue weighted by Gasteiger charge is -2.32. The van der Waals surface area contributed by atoms with Crippen molar-refractivity contribution in [2.75, 3.05) is 13.7 Å². The van der Waals surface area contributed by atoms with Gasteiger partial charge in [0.2, 0.25) is 11.7 Å². The van der Waals surface area contributed by atoms with Crippen molar-refractivity contribution < 1.29 is 9.57 Å². The molecule has 0 saturated carbocycles. The van der Waals surface area contributed by atoms with Crippen molar-refractivity contribution in [2.24, 2.45) is 16.5 Å². The highest BCUT2D eigenvalue weighted by Crippen LogP contribution is 2.45. The molecule has 0 aromatic heterocycles. The molecule has 0 bridgehead atoms. The van der Waals surface area contributed by atoms with Gasteiger partial charge in [0.15, 0.2) is 0 Å². The van der Waals surface area contributed by atoms with Crippen molar-refractivity contribution in [3.05, 3.63) is 53.6 Å². The predicted molar refractivity (Wildman–Crippen MR) is 92.0 cm³/mol. The summed E-state index contributed by atoms with van der Waals surface area (Å²) >= 11 is 0. The topological polar surface area (TPSA) is 86.1 Å². The average Bonchev–Trinajstić information content (AvgIpc) is 2.89. The maximum Gasteiger partial charge on any atom is 0.221 e. The Balaban J connectivity index is 1.82. The number of aliphatic imine (C=N–C) groups is 1. The molecule has 0 amide bonds. The molecule has 2 aromatic rings. The lowest BCUT2D eigenvalue weighted by Crippen LogP contribution is -2.35. The Bertz CT molecular complexity index is 820. The van der Waals surface area contributed by atoms with Crippen LogP contribution in [0.2, 0.25) is 0 Å². The number of fused-ring (bicyclic) bond motifs is 2. The number of hydrogen-bond donors (Lipinski definition) is 2. The molecule has 6 nitrogen and oxygen atoms in total. The smallest absolute Gasteiger partial charge is 0.221 e. The molecule has 124 valence electrons. The Labute approximate surface area is 140 Å². The minimum absolute atomic E-state index is 0.374. The van der Waals surface area contributed by atoms with Gasteiger partial charge in [-0.1, -0.05) is 24.3 Å². The molecule has 2 aliphatic rings. The van der Waals surface area contributed by atoms with E-state index in [1.165, 1.54) is 5.06 Å². The standard InChI is InChI=1S/C18H20N4O2/c1-22-17(20)21-18(24-22)7-8-23-16-6-5-14(10-15(16)18)13-4-2-3-12(9-13)11-19/h2-6,9-10H,7-8,11,19H2,1H3,(H2,20,21)/t18-/m1/s1. The molecule has 0 fully saturated rings. The third-order valence-electron chi connectivity index (χ3n) is 4.50. The number of hydrogen-bond acceptors (Lipinski definition) is 6. The quantitative estimate of drug-likeness (QED) is 0.881. The summed E-state index contributed by atoms with van der Waals surface area (Å²) in [5, 5.41) is 1.51. The lowest BCUT2D eigenvalue weighted by molar-refractivity contribution is -0.183. The highest BCUT2D eigenvalue weighted by atomic mass is 16.7. The summed E-state index contributed by atoms with van der Waals surface area (Å²) in [5.74, 6) is 1.16. The summed E-state index contributed by atoms with van der Waals surface area (Å²) in [4.78, 5) is 10.5. The molecule has 24 heavy (non-hydrogen) atoms. The van der Waals surface area contributed by atoms with E-state index in [1.807, 2.05) is 24.3 Å². The zero-order valence-electron chi connectivity index (χ0n) is 13.5. The van der Waals surface area contributed by atoms with Crippen molar-refractivity contribution in [3.8, 4) is 16.9 Å². The summed E-state index contributed by atoms with van der Waals surface area (Å²) in [6.45, 7) is 1.06. The first-order chi connectivity index (χ1) is 11.6. The van der Waals surface area contributed by atoms with Gasteiger partial charge in [-0.3, -0.25) is 0 Å². The highest BCUT2D eigenvalue weighted by Gasteiger charge is 2.45. The molecule has 4 rings (SSSR count). The highest BCUT2D eigenvalue weighted by molar-refractivity contribution is 5.79. The Morgan fingerprint density at radius 2 is 2.04 bits per heavy atom. The van der Waals surface area contributed by atoms with Crippen LogP contribution in [0.3, 0.4) is 0 Å². The lowest BCUT2D eigenvalue weighted by atomic mass is 9.92. The van der Waals surface area contributed by atoms with Gasteiger partial charge >= 0.3 is 0 Å². The van der Waals surface area contributed by atoms with E-state index in [0.717, 1.165) is 28.0 Å². The fraction of sp³-hybridized carbons (Fsp3) is 0.278. The largest absolute Gasteiger partial charge is 0.493 e. The van der Waals surface area contributed by atoms with E-state index in [0.29, 0.717) is 25.5 Å². The Morgan fingerprint density at radius 1 is 1.21 bits per heavy atom. The Hall–Kier alpha value is -2.57. The normalized spacial score (nSPS) is 22.2. The third-order valence-corrected chi connectivity index (χ3v) is 4.50. The minimum Gasteiger partial charge on any atom is -0.493 e. The Kier molecular flexibility index (Phi) is 3.44. The summed E-state index contributed by atoms with van der Waals surface area (Å²) in [6, 6.07) is 14.3. The molecule has 1 spiro atoms. The second kappa shape index (κ2) is 5.51. The third kappa shape index (κ3) is 2.31. The molecule has 4 N–H and O–H groups in total. The van der Waals surface area contributed by atoms with Gasteiger partial charge in [0, 0.05) is 20.0 Å². The van der Waals surface area contributed by atoms with Crippen molar-refractivity contribution in [1.82, 2.24) is 5.06 Å². The number of nitrogens with two attached hydrogens (primary N) is 2. The zero-order valence-corrected chi connectivity index (χ0v) is 13.5. The molecule has 2 aromatic carbocycles. The summed E-state index contributed by atoms with van der Waals surface area (Å²) in [7, 11) is 1.76. The van der Waals surface area contributed by atoms with Gasteiger partial charge in [0.25, 0.3) is 0 Å². The number of benzene rings is 2. The van der Waals surface area contributed by atoms with Crippen LogP contribution in [-0.2, 0) is 17.1 Å². The number of ether oxygens (including phenoxy) is 1. The average molecular weight is 324 g/mol. The molecule has 0 unspecified atom stereocenters. The second-order valence-electron chi connectivity index (χ2n) is 6.06. The fourth-order valence-corrected chi connectivity index (χ4v) is 3.21. The van der Waals surface area contributed by atoms with E-state index in [4.69, 9.17) is 21.0 Å². The van der Waals surface area contributed by atoms with Gasteiger partial charge in [-0.2, -0.15) is 0 Å². The van der Waals surface area contributed by atoms with E-state index in [2.05, 4.69) is 23.2 Å². The van der Waals surface area contributed by atoms with Crippen LogP contribution in [0.1, 0.15) is 17.5 Å². The SMILES string of the molecule is CN1O[C@@]2(CCOc3ccc(-c4cccc(CN)c4)cc32)N=C1N. The van der Waals surface area contributed by atoms with E-state index >= 15 is 0 Å². The van der Waals surface area contributed by atoms with Gasteiger partial charge in [-0.25, -0.2) is 14.9 Å². The predicted octanol–water partition coefficient (Wildman–Crippen LogP) is 1.94. The molecule has 0 saturated heterocycles. The summed E-state index contributed by atoms with van der Waals surface area (Å²) in [6.07, 6.45) is 0.622. The van der Waals surface area contributed by atoms with Crippen LogP contribution < -0.4 is 16.2 Å².